The third-order valence-corrected chi connectivity index (χ3v) is 4.53. The normalized spacial score (nSPS) is 20.6. The molecule has 0 spiro atoms. The second kappa shape index (κ2) is 6.20. The highest BCUT2D eigenvalue weighted by Crippen LogP contribution is 2.41. The van der Waals surface area contributed by atoms with Crippen molar-refractivity contribution in [3.05, 3.63) is 64.7 Å². The second-order valence-electron chi connectivity index (χ2n) is 6.11. The van der Waals surface area contributed by atoms with E-state index in [9.17, 15) is 0 Å². The van der Waals surface area contributed by atoms with E-state index in [1.165, 1.54) is 0 Å². The quantitative estimate of drug-likeness (QED) is 0.731. The summed E-state index contributed by atoms with van der Waals surface area (Å²) in [7, 11) is 0. The fourth-order valence-corrected chi connectivity index (χ4v) is 3.21. The Labute approximate surface area is 139 Å². The molecule has 6 heteroatoms. The van der Waals surface area contributed by atoms with E-state index in [0.717, 1.165) is 29.0 Å². The second-order valence-corrected chi connectivity index (χ2v) is 6.11. The molecule has 0 radical (unpaired) electrons. The van der Waals surface area contributed by atoms with Crippen LogP contribution in [-0.4, -0.2) is 22.0 Å². The van der Waals surface area contributed by atoms with Crippen molar-refractivity contribution in [2.45, 2.75) is 38.7 Å². The van der Waals surface area contributed by atoms with E-state index in [1.54, 1.807) is 0 Å². The minimum Gasteiger partial charge on any atom is -0.425 e. The summed E-state index contributed by atoms with van der Waals surface area (Å²) in [5.41, 5.74) is 3.01. The first kappa shape index (κ1) is 15.1. The van der Waals surface area contributed by atoms with Crippen LogP contribution in [0.2, 0.25) is 0 Å². The van der Waals surface area contributed by atoms with Crippen molar-refractivity contribution in [3.8, 4) is 0 Å². The van der Waals surface area contributed by atoms with Gasteiger partial charge in [0.1, 0.15) is 5.76 Å². The predicted octanol–water partition coefficient (Wildman–Crippen LogP) is 3.51. The number of aryl methyl sites for hydroxylation is 2. The summed E-state index contributed by atoms with van der Waals surface area (Å²) in [4.78, 5) is 0. The van der Waals surface area contributed by atoms with Crippen LogP contribution in [0.1, 0.15) is 52.8 Å². The lowest BCUT2D eigenvalue weighted by atomic mass is 9.95. The number of aromatic nitrogens is 3. The Bertz CT molecular complexity index is 806. The molecule has 3 aromatic rings. The topological polar surface area (TPSA) is 74.2 Å². The zero-order chi connectivity index (χ0) is 16.5. The minimum atomic E-state index is -0.0291. The highest BCUT2D eigenvalue weighted by Gasteiger charge is 2.35. The summed E-state index contributed by atoms with van der Waals surface area (Å²) in [6.45, 7) is 4.51. The number of rotatable bonds is 4. The molecular weight excluding hydrogens is 306 g/mol. The maximum atomic E-state index is 5.93. The van der Waals surface area contributed by atoms with E-state index < -0.39 is 0 Å². The summed E-state index contributed by atoms with van der Waals surface area (Å²) >= 11 is 0. The molecule has 3 heterocycles. The van der Waals surface area contributed by atoms with Crippen molar-refractivity contribution >= 4 is 0 Å². The average Bonchev–Trinajstić information content (AvgIpc) is 3.32. The van der Waals surface area contributed by atoms with Gasteiger partial charge in [0.05, 0.1) is 24.1 Å². The lowest BCUT2D eigenvalue weighted by Gasteiger charge is -2.15. The SMILES string of the molecule is Cc1noc(C)c1Cc1nnc([C@H]2CCO[C@@H]2c2ccccc2)o1. The predicted molar refractivity (Wildman–Crippen MR) is 85.6 cm³/mol. The van der Waals surface area contributed by atoms with Crippen LogP contribution in [0.15, 0.2) is 39.3 Å². The van der Waals surface area contributed by atoms with Gasteiger partial charge >= 0.3 is 0 Å². The number of hydrogen-bond acceptors (Lipinski definition) is 6. The number of hydrogen-bond donors (Lipinski definition) is 0. The largest absolute Gasteiger partial charge is 0.425 e. The van der Waals surface area contributed by atoms with Crippen LogP contribution < -0.4 is 0 Å². The fourth-order valence-electron chi connectivity index (χ4n) is 3.21. The summed E-state index contributed by atoms with van der Waals surface area (Å²) in [5.74, 6) is 2.11. The standard InChI is InChI=1S/C18H19N3O3/c1-11-15(12(2)24-21-11)10-16-19-20-18(23-16)14-8-9-22-17(14)13-6-4-3-5-7-13/h3-7,14,17H,8-10H2,1-2H3/t14-,17+/m0/s1. The van der Waals surface area contributed by atoms with Gasteiger partial charge in [0.15, 0.2) is 0 Å². The van der Waals surface area contributed by atoms with Gasteiger partial charge in [0.2, 0.25) is 11.8 Å². The maximum absolute atomic E-state index is 5.93. The number of ether oxygens (including phenoxy) is 1. The molecule has 24 heavy (non-hydrogen) atoms. The first-order chi connectivity index (χ1) is 11.7. The van der Waals surface area contributed by atoms with Crippen LogP contribution in [0, 0.1) is 13.8 Å². The van der Waals surface area contributed by atoms with Crippen molar-refractivity contribution < 1.29 is 13.7 Å². The first-order valence-corrected chi connectivity index (χ1v) is 8.13. The Hall–Kier alpha value is -2.47. The molecule has 0 N–H and O–H groups in total. The highest BCUT2D eigenvalue weighted by atomic mass is 16.5. The molecule has 124 valence electrons. The van der Waals surface area contributed by atoms with E-state index in [0.29, 0.717) is 24.8 Å². The van der Waals surface area contributed by atoms with Gasteiger partial charge in [-0.3, -0.25) is 0 Å². The monoisotopic (exact) mass is 325 g/mol. The van der Waals surface area contributed by atoms with Crippen molar-refractivity contribution in [2.75, 3.05) is 6.61 Å². The van der Waals surface area contributed by atoms with Crippen molar-refractivity contribution in [3.63, 3.8) is 0 Å². The average molecular weight is 325 g/mol. The van der Waals surface area contributed by atoms with Crippen molar-refractivity contribution in [1.82, 2.24) is 15.4 Å². The molecule has 0 unspecified atom stereocenters. The maximum Gasteiger partial charge on any atom is 0.222 e. The van der Waals surface area contributed by atoms with Crippen LogP contribution in [0.4, 0.5) is 0 Å². The molecule has 1 aliphatic rings. The van der Waals surface area contributed by atoms with Gasteiger partial charge in [-0.25, -0.2) is 0 Å². The van der Waals surface area contributed by atoms with Crippen LogP contribution in [0.5, 0.6) is 0 Å². The van der Waals surface area contributed by atoms with E-state index >= 15 is 0 Å². The molecule has 0 amide bonds. The van der Waals surface area contributed by atoms with Crippen molar-refractivity contribution in [2.24, 2.45) is 0 Å². The van der Waals surface area contributed by atoms with Gasteiger partial charge in [0, 0.05) is 12.2 Å². The Kier molecular flexibility index (Phi) is 3.90. The molecule has 1 fully saturated rings. The lowest BCUT2D eigenvalue weighted by molar-refractivity contribution is 0.0997. The van der Waals surface area contributed by atoms with Crippen LogP contribution in [0.3, 0.4) is 0 Å². The van der Waals surface area contributed by atoms with Crippen molar-refractivity contribution in [1.29, 1.82) is 0 Å². The Morgan fingerprint density at radius 1 is 1.12 bits per heavy atom. The van der Waals surface area contributed by atoms with Crippen LogP contribution in [-0.2, 0) is 11.2 Å². The Morgan fingerprint density at radius 2 is 1.96 bits per heavy atom. The summed E-state index contributed by atoms with van der Waals surface area (Å²) in [6.07, 6.45) is 1.39. The fraction of sp³-hybridized carbons (Fsp3) is 0.389. The number of benzene rings is 1. The summed E-state index contributed by atoms with van der Waals surface area (Å²) < 4.78 is 17.0. The molecule has 0 bridgehead atoms. The third kappa shape index (κ3) is 2.73. The molecule has 1 saturated heterocycles. The summed E-state index contributed by atoms with van der Waals surface area (Å²) in [6, 6.07) is 10.2. The Balaban J connectivity index is 1.56. The lowest BCUT2D eigenvalue weighted by Crippen LogP contribution is -2.06. The molecule has 1 aliphatic heterocycles. The van der Waals surface area contributed by atoms with E-state index in [2.05, 4.69) is 27.5 Å². The van der Waals surface area contributed by atoms with Gasteiger partial charge in [0.25, 0.3) is 0 Å². The minimum absolute atomic E-state index is 0.0291. The zero-order valence-corrected chi connectivity index (χ0v) is 13.7. The number of nitrogens with zero attached hydrogens (tertiary/aromatic N) is 3. The highest BCUT2D eigenvalue weighted by molar-refractivity contribution is 5.24. The smallest absolute Gasteiger partial charge is 0.222 e. The first-order valence-electron chi connectivity index (χ1n) is 8.13. The van der Waals surface area contributed by atoms with Crippen LogP contribution >= 0.6 is 0 Å². The molecular formula is C18H19N3O3. The van der Waals surface area contributed by atoms with Gasteiger partial charge in [-0.1, -0.05) is 35.5 Å². The molecule has 0 aliphatic carbocycles. The van der Waals surface area contributed by atoms with Gasteiger partial charge in [-0.05, 0) is 25.8 Å². The molecule has 1 aromatic carbocycles. The molecule has 0 saturated carbocycles. The molecule has 6 nitrogen and oxygen atoms in total. The molecule has 2 atom stereocenters. The van der Waals surface area contributed by atoms with Gasteiger partial charge < -0.3 is 13.7 Å². The van der Waals surface area contributed by atoms with E-state index in [-0.39, 0.29) is 12.0 Å². The zero-order valence-electron chi connectivity index (χ0n) is 13.7. The van der Waals surface area contributed by atoms with E-state index in [1.807, 2.05) is 32.0 Å². The molecule has 2 aromatic heterocycles. The summed E-state index contributed by atoms with van der Waals surface area (Å²) in [5, 5.41) is 12.4. The van der Waals surface area contributed by atoms with E-state index in [4.69, 9.17) is 13.7 Å². The Morgan fingerprint density at radius 3 is 2.71 bits per heavy atom. The molecule has 4 rings (SSSR count). The van der Waals surface area contributed by atoms with Gasteiger partial charge in [-0.15, -0.1) is 10.2 Å². The third-order valence-electron chi connectivity index (χ3n) is 4.53. The van der Waals surface area contributed by atoms with Crippen LogP contribution in [0.25, 0.3) is 0 Å². The van der Waals surface area contributed by atoms with Gasteiger partial charge in [-0.2, -0.15) is 0 Å².